The van der Waals surface area contributed by atoms with Crippen molar-refractivity contribution in [3.8, 4) is 0 Å². The molecule has 20 heavy (non-hydrogen) atoms. The smallest absolute Gasteiger partial charge is 0.178 e. The molecule has 0 saturated carbocycles. The van der Waals surface area contributed by atoms with Crippen LogP contribution in [-0.2, 0) is 9.84 Å². The van der Waals surface area contributed by atoms with Gasteiger partial charge in [-0.2, -0.15) is 0 Å². The lowest BCUT2D eigenvalue weighted by molar-refractivity contribution is 0.430. The van der Waals surface area contributed by atoms with Crippen LogP contribution in [0.3, 0.4) is 0 Å². The van der Waals surface area contributed by atoms with Gasteiger partial charge in [-0.1, -0.05) is 6.92 Å². The minimum absolute atomic E-state index is 0.210. The van der Waals surface area contributed by atoms with Gasteiger partial charge in [0.25, 0.3) is 0 Å². The Morgan fingerprint density at radius 3 is 2.50 bits per heavy atom. The van der Waals surface area contributed by atoms with E-state index in [9.17, 15) is 8.42 Å². The molecule has 0 amide bonds. The number of benzene rings is 1. The summed E-state index contributed by atoms with van der Waals surface area (Å²) in [5.74, 6) is 0.210. The van der Waals surface area contributed by atoms with Crippen LogP contribution in [0.4, 0.5) is 5.69 Å². The standard InChI is InChI=1S/C15H24N2O2S/c1-3-10-20(18,19)15-6-4-14(5-7-15)17-9-8-13(16)11-12(17)2/h4-7,12-13H,3,8-11,16H2,1-2H3. The van der Waals surface area contributed by atoms with E-state index in [1.54, 1.807) is 12.1 Å². The number of nitrogens with two attached hydrogens (primary N) is 1. The van der Waals surface area contributed by atoms with Crippen molar-refractivity contribution < 1.29 is 8.42 Å². The van der Waals surface area contributed by atoms with Crippen molar-refractivity contribution in [3.05, 3.63) is 24.3 Å². The second kappa shape index (κ2) is 6.14. The molecule has 1 saturated heterocycles. The third-order valence-corrected chi connectivity index (χ3v) is 5.85. The second-order valence-electron chi connectivity index (χ2n) is 5.64. The zero-order valence-corrected chi connectivity index (χ0v) is 13.1. The van der Waals surface area contributed by atoms with Gasteiger partial charge >= 0.3 is 0 Å². The quantitative estimate of drug-likeness (QED) is 0.925. The van der Waals surface area contributed by atoms with Gasteiger partial charge in [0.2, 0.25) is 0 Å². The van der Waals surface area contributed by atoms with Gasteiger partial charge < -0.3 is 10.6 Å². The molecular formula is C15H24N2O2S. The van der Waals surface area contributed by atoms with E-state index in [1.165, 1.54) is 0 Å². The normalized spacial score (nSPS) is 23.9. The summed E-state index contributed by atoms with van der Waals surface area (Å²) in [6.07, 6.45) is 2.61. The highest BCUT2D eigenvalue weighted by Gasteiger charge is 2.23. The Kier molecular flexibility index (Phi) is 4.70. The first-order chi connectivity index (χ1) is 9.44. The SMILES string of the molecule is CCCS(=O)(=O)c1ccc(N2CCC(N)CC2C)cc1. The van der Waals surface area contributed by atoms with E-state index >= 15 is 0 Å². The highest BCUT2D eigenvalue weighted by molar-refractivity contribution is 7.91. The van der Waals surface area contributed by atoms with Crippen molar-refractivity contribution in [2.75, 3.05) is 17.2 Å². The molecule has 5 heteroatoms. The lowest BCUT2D eigenvalue weighted by atomic mass is 9.98. The number of sulfone groups is 1. The van der Waals surface area contributed by atoms with Gasteiger partial charge in [-0.25, -0.2) is 8.42 Å². The van der Waals surface area contributed by atoms with Gasteiger partial charge in [0.1, 0.15) is 0 Å². The van der Waals surface area contributed by atoms with Gasteiger partial charge in [-0.15, -0.1) is 0 Å². The number of hydrogen-bond donors (Lipinski definition) is 1. The zero-order valence-electron chi connectivity index (χ0n) is 12.2. The summed E-state index contributed by atoms with van der Waals surface area (Å²) in [7, 11) is -3.12. The maximum absolute atomic E-state index is 12.0. The minimum Gasteiger partial charge on any atom is -0.369 e. The number of anilines is 1. The molecule has 0 bridgehead atoms. The van der Waals surface area contributed by atoms with Crippen LogP contribution in [0, 0.1) is 0 Å². The first-order valence-electron chi connectivity index (χ1n) is 7.29. The zero-order chi connectivity index (χ0) is 14.8. The summed E-state index contributed by atoms with van der Waals surface area (Å²) in [6, 6.07) is 7.96. The Bertz CT molecular complexity index is 539. The van der Waals surface area contributed by atoms with E-state index < -0.39 is 9.84 Å². The fourth-order valence-corrected chi connectivity index (χ4v) is 4.15. The van der Waals surface area contributed by atoms with Gasteiger partial charge in [-0.3, -0.25) is 0 Å². The molecule has 1 heterocycles. The van der Waals surface area contributed by atoms with Gasteiger partial charge in [0.05, 0.1) is 10.6 Å². The molecule has 1 aliphatic rings. The van der Waals surface area contributed by atoms with Gasteiger partial charge in [-0.05, 0) is 50.5 Å². The van der Waals surface area contributed by atoms with Crippen LogP contribution in [-0.4, -0.2) is 32.8 Å². The Morgan fingerprint density at radius 1 is 1.30 bits per heavy atom. The van der Waals surface area contributed by atoms with Gasteiger partial charge in [0, 0.05) is 24.3 Å². The topological polar surface area (TPSA) is 63.4 Å². The average Bonchev–Trinajstić information content (AvgIpc) is 2.39. The third-order valence-electron chi connectivity index (χ3n) is 3.92. The molecule has 2 rings (SSSR count). The van der Waals surface area contributed by atoms with E-state index in [1.807, 2.05) is 19.1 Å². The molecule has 0 spiro atoms. The highest BCUT2D eigenvalue weighted by atomic mass is 32.2. The third kappa shape index (κ3) is 3.33. The van der Waals surface area contributed by atoms with Crippen LogP contribution >= 0.6 is 0 Å². The lowest BCUT2D eigenvalue weighted by Gasteiger charge is -2.38. The molecule has 2 atom stereocenters. The van der Waals surface area contributed by atoms with Gasteiger partial charge in [0.15, 0.2) is 9.84 Å². The van der Waals surface area contributed by atoms with Crippen molar-refractivity contribution in [1.29, 1.82) is 0 Å². The summed E-state index contributed by atoms with van der Waals surface area (Å²) in [6.45, 7) is 4.98. The van der Waals surface area contributed by atoms with Crippen LogP contribution < -0.4 is 10.6 Å². The monoisotopic (exact) mass is 296 g/mol. The number of nitrogens with zero attached hydrogens (tertiary/aromatic N) is 1. The van der Waals surface area contributed by atoms with E-state index in [2.05, 4.69) is 11.8 Å². The minimum atomic E-state index is -3.12. The molecule has 1 aromatic rings. The summed E-state index contributed by atoms with van der Waals surface area (Å²) in [5.41, 5.74) is 7.06. The van der Waals surface area contributed by atoms with Crippen molar-refractivity contribution in [1.82, 2.24) is 0 Å². The van der Waals surface area contributed by atoms with E-state index in [4.69, 9.17) is 5.73 Å². The van der Waals surface area contributed by atoms with Crippen molar-refractivity contribution in [2.45, 2.75) is 50.1 Å². The molecule has 1 aliphatic heterocycles. The Morgan fingerprint density at radius 2 is 1.95 bits per heavy atom. The first-order valence-corrected chi connectivity index (χ1v) is 8.94. The average molecular weight is 296 g/mol. The van der Waals surface area contributed by atoms with Crippen molar-refractivity contribution in [2.24, 2.45) is 5.73 Å². The number of hydrogen-bond acceptors (Lipinski definition) is 4. The maximum Gasteiger partial charge on any atom is 0.178 e. The van der Waals surface area contributed by atoms with Crippen LogP contribution in [0.1, 0.15) is 33.1 Å². The Hall–Kier alpha value is -1.07. The molecule has 4 nitrogen and oxygen atoms in total. The van der Waals surface area contributed by atoms with Crippen molar-refractivity contribution in [3.63, 3.8) is 0 Å². The fraction of sp³-hybridized carbons (Fsp3) is 0.600. The largest absolute Gasteiger partial charge is 0.369 e. The molecule has 0 aromatic heterocycles. The molecule has 112 valence electrons. The Labute approximate surface area is 121 Å². The lowest BCUT2D eigenvalue weighted by Crippen LogP contribution is -2.45. The number of rotatable bonds is 4. The summed E-state index contributed by atoms with van der Waals surface area (Å²) >= 11 is 0. The van der Waals surface area contributed by atoms with Crippen molar-refractivity contribution >= 4 is 15.5 Å². The van der Waals surface area contributed by atoms with Crippen LogP contribution in [0.5, 0.6) is 0 Å². The molecule has 0 aliphatic carbocycles. The summed E-state index contributed by atoms with van der Waals surface area (Å²) in [5, 5.41) is 0. The predicted octanol–water partition coefficient (Wildman–Crippen LogP) is 2.19. The molecule has 2 unspecified atom stereocenters. The van der Waals surface area contributed by atoms with E-state index in [0.29, 0.717) is 17.4 Å². The molecule has 0 radical (unpaired) electrons. The molecule has 2 N–H and O–H groups in total. The molecule has 1 fully saturated rings. The predicted molar refractivity (Wildman–Crippen MR) is 82.8 cm³/mol. The molecular weight excluding hydrogens is 272 g/mol. The summed E-state index contributed by atoms with van der Waals surface area (Å²) in [4.78, 5) is 2.73. The highest BCUT2D eigenvalue weighted by Crippen LogP contribution is 2.25. The van der Waals surface area contributed by atoms with Crippen LogP contribution in [0.15, 0.2) is 29.2 Å². The van der Waals surface area contributed by atoms with Crippen LogP contribution in [0.25, 0.3) is 0 Å². The Balaban J connectivity index is 2.16. The maximum atomic E-state index is 12.0. The number of piperidine rings is 1. The van der Waals surface area contributed by atoms with E-state index in [0.717, 1.165) is 25.1 Å². The summed E-state index contributed by atoms with van der Waals surface area (Å²) < 4.78 is 24.0. The second-order valence-corrected chi connectivity index (χ2v) is 7.75. The van der Waals surface area contributed by atoms with Crippen LogP contribution in [0.2, 0.25) is 0 Å². The van der Waals surface area contributed by atoms with E-state index in [-0.39, 0.29) is 11.8 Å². The molecule has 1 aromatic carbocycles. The first kappa shape index (κ1) is 15.3. The fourth-order valence-electron chi connectivity index (χ4n) is 2.82.